The van der Waals surface area contributed by atoms with E-state index in [-0.39, 0.29) is 6.61 Å². The van der Waals surface area contributed by atoms with Gasteiger partial charge in [0.25, 0.3) is 0 Å². The van der Waals surface area contributed by atoms with Crippen molar-refractivity contribution in [3.05, 3.63) is 52.6 Å². The zero-order chi connectivity index (χ0) is 13.0. The third kappa shape index (κ3) is 3.28. The number of halogens is 1. The average Bonchev–Trinajstić information content (AvgIpc) is 2.71. The molecule has 1 heterocycles. The normalized spacial score (nSPS) is 10.8. The molecule has 2 aromatic rings. The third-order valence-electron chi connectivity index (χ3n) is 2.73. The molecule has 5 heteroatoms. The number of thioether (sulfide) groups is 1. The maximum absolute atomic E-state index is 8.96. The zero-order valence-electron chi connectivity index (χ0n) is 10.1. The average molecular weight is 283 g/mol. The van der Waals surface area contributed by atoms with Gasteiger partial charge in [0.05, 0.1) is 18.6 Å². The first kappa shape index (κ1) is 13.5. The van der Waals surface area contributed by atoms with E-state index in [2.05, 4.69) is 4.98 Å². The van der Waals surface area contributed by atoms with Gasteiger partial charge < -0.3 is 9.67 Å². The van der Waals surface area contributed by atoms with Crippen LogP contribution in [0.15, 0.2) is 30.5 Å². The van der Waals surface area contributed by atoms with E-state index in [1.807, 2.05) is 35.9 Å². The predicted octanol–water partition coefficient (Wildman–Crippen LogP) is 3.00. The van der Waals surface area contributed by atoms with Crippen LogP contribution < -0.4 is 0 Å². The van der Waals surface area contributed by atoms with Crippen molar-refractivity contribution in [2.75, 3.05) is 0 Å². The molecule has 0 spiro atoms. The van der Waals surface area contributed by atoms with E-state index in [1.165, 1.54) is 5.56 Å². The fourth-order valence-corrected chi connectivity index (χ4v) is 2.69. The smallest absolute Gasteiger partial charge is 0.128 e. The summed E-state index contributed by atoms with van der Waals surface area (Å²) in [5.74, 6) is 2.75. The van der Waals surface area contributed by atoms with Crippen molar-refractivity contribution in [3.8, 4) is 0 Å². The van der Waals surface area contributed by atoms with Crippen molar-refractivity contribution in [1.82, 2.24) is 9.55 Å². The van der Waals surface area contributed by atoms with E-state index in [4.69, 9.17) is 16.7 Å². The molecule has 0 radical (unpaired) electrons. The van der Waals surface area contributed by atoms with Crippen LogP contribution in [0.25, 0.3) is 0 Å². The molecule has 0 amide bonds. The van der Waals surface area contributed by atoms with Gasteiger partial charge in [0.2, 0.25) is 0 Å². The summed E-state index contributed by atoms with van der Waals surface area (Å²) in [4.78, 5) is 4.25. The minimum absolute atomic E-state index is 0.0964. The first-order valence-corrected chi connectivity index (χ1v) is 7.16. The van der Waals surface area contributed by atoms with Gasteiger partial charge in [-0.3, -0.25) is 0 Å². The molecule has 0 bridgehead atoms. The van der Waals surface area contributed by atoms with Gasteiger partial charge in [-0.2, -0.15) is 0 Å². The first-order valence-electron chi connectivity index (χ1n) is 5.63. The molecule has 3 nitrogen and oxygen atoms in total. The molecule has 0 aliphatic carbocycles. The third-order valence-corrected chi connectivity index (χ3v) is 4.08. The lowest BCUT2D eigenvalue weighted by molar-refractivity contribution is 0.282. The summed E-state index contributed by atoms with van der Waals surface area (Å²) in [6.45, 7) is 0.0964. The number of aliphatic hydroxyl groups is 1. The monoisotopic (exact) mass is 282 g/mol. The lowest BCUT2D eigenvalue weighted by Gasteiger charge is -2.04. The molecule has 1 aromatic heterocycles. The van der Waals surface area contributed by atoms with Crippen LogP contribution in [0.2, 0.25) is 5.15 Å². The van der Waals surface area contributed by atoms with Crippen molar-refractivity contribution >= 4 is 23.4 Å². The number of imidazole rings is 1. The Morgan fingerprint density at radius 2 is 1.89 bits per heavy atom. The molecule has 2 rings (SSSR count). The predicted molar refractivity (Wildman–Crippen MR) is 75.6 cm³/mol. The van der Waals surface area contributed by atoms with Crippen LogP contribution >= 0.6 is 23.4 Å². The molecule has 1 aromatic carbocycles. The summed E-state index contributed by atoms with van der Waals surface area (Å²) in [7, 11) is 1.92. The van der Waals surface area contributed by atoms with Crippen molar-refractivity contribution < 1.29 is 5.11 Å². The van der Waals surface area contributed by atoms with Crippen molar-refractivity contribution in [2.45, 2.75) is 18.1 Å². The van der Waals surface area contributed by atoms with E-state index in [1.54, 1.807) is 18.0 Å². The van der Waals surface area contributed by atoms with Crippen molar-refractivity contribution in [3.63, 3.8) is 0 Å². The molecule has 0 unspecified atom stereocenters. The zero-order valence-corrected chi connectivity index (χ0v) is 11.7. The Hall–Kier alpha value is -0.970. The molecule has 0 saturated carbocycles. The van der Waals surface area contributed by atoms with Gasteiger partial charge in [-0.05, 0) is 11.1 Å². The highest BCUT2D eigenvalue weighted by molar-refractivity contribution is 7.97. The van der Waals surface area contributed by atoms with Crippen molar-refractivity contribution in [1.29, 1.82) is 0 Å². The highest BCUT2D eigenvalue weighted by Gasteiger charge is 2.04. The minimum atomic E-state index is 0.0964. The van der Waals surface area contributed by atoms with Crippen LogP contribution in [0, 0.1) is 0 Å². The topological polar surface area (TPSA) is 38.0 Å². The van der Waals surface area contributed by atoms with E-state index in [0.717, 1.165) is 22.9 Å². The lowest BCUT2D eigenvalue weighted by Crippen LogP contribution is -1.96. The molecule has 1 N–H and O–H groups in total. The lowest BCUT2D eigenvalue weighted by atomic mass is 10.2. The number of hydrogen-bond acceptors (Lipinski definition) is 3. The summed E-state index contributed by atoms with van der Waals surface area (Å²) >= 11 is 7.72. The van der Waals surface area contributed by atoms with Crippen LogP contribution in [-0.2, 0) is 25.2 Å². The number of aliphatic hydroxyl groups excluding tert-OH is 1. The minimum Gasteiger partial charge on any atom is -0.392 e. The van der Waals surface area contributed by atoms with Crippen molar-refractivity contribution in [2.24, 2.45) is 7.05 Å². The van der Waals surface area contributed by atoms with Gasteiger partial charge in [0.1, 0.15) is 11.0 Å². The fraction of sp³-hybridized carbons (Fsp3) is 0.308. The Bertz CT molecular complexity index is 510. The molecule has 0 fully saturated rings. The molecule has 0 aliphatic rings. The summed E-state index contributed by atoms with van der Waals surface area (Å²) < 4.78 is 1.89. The van der Waals surface area contributed by atoms with Gasteiger partial charge >= 0.3 is 0 Å². The Kier molecular flexibility index (Phi) is 4.69. The van der Waals surface area contributed by atoms with Gasteiger partial charge in [-0.15, -0.1) is 11.8 Å². The summed E-state index contributed by atoms with van der Waals surface area (Å²) in [5, 5.41) is 9.62. The quantitative estimate of drug-likeness (QED) is 0.916. The highest BCUT2D eigenvalue weighted by Crippen LogP contribution is 2.19. The van der Waals surface area contributed by atoms with Gasteiger partial charge in [0, 0.05) is 12.8 Å². The number of nitrogens with zero attached hydrogens (tertiary/aromatic N) is 2. The number of benzene rings is 1. The molecular formula is C13H15ClN2OS. The number of rotatable bonds is 5. The molecule has 18 heavy (non-hydrogen) atoms. The standard InChI is InChI=1S/C13H15ClN2OS/c1-16-12(14)6-15-13(16)9-18-8-11-4-2-10(7-17)3-5-11/h2-6,17H,7-9H2,1H3. The summed E-state index contributed by atoms with van der Waals surface area (Å²) in [6.07, 6.45) is 1.67. The maximum Gasteiger partial charge on any atom is 0.128 e. The Labute approximate surface area is 116 Å². The van der Waals surface area contributed by atoms with Gasteiger partial charge in [-0.1, -0.05) is 35.9 Å². The van der Waals surface area contributed by atoms with E-state index in [0.29, 0.717) is 5.15 Å². The number of aromatic nitrogens is 2. The van der Waals surface area contributed by atoms with E-state index in [9.17, 15) is 0 Å². The van der Waals surface area contributed by atoms with Gasteiger partial charge in [-0.25, -0.2) is 4.98 Å². The Balaban J connectivity index is 1.86. The maximum atomic E-state index is 8.96. The molecule has 0 saturated heterocycles. The number of hydrogen-bond donors (Lipinski definition) is 1. The summed E-state index contributed by atoms with van der Waals surface area (Å²) in [5.41, 5.74) is 2.19. The molecular weight excluding hydrogens is 268 g/mol. The molecule has 0 atom stereocenters. The van der Waals surface area contributed by atoms with Crippen LogP contribution in [0.5, 0.6) is 0 Å². The van der Waals surface area contributed by atoms with Crippen LogP contribution in [0.4, 0.5) is 0 Å². The second-order valence-electron chi connectivity index (χ2n) is 4.02. The highest BCUT2D eigenvalue weighted by atomic mass is 35.5. The largest absolute Gasteiger partial charge is 0.392 e. The molecule has 96 valence electrons. The van der Waals surface area contributed by atoms with E-state index >= 15 is 0 Å². The Morgan fingerprint density at radius 3 is 2.44 bits per heavy atom. The van der Waals surface area contributed by atoms with Crippen LogP contribution in [-0.4, -0.2) is 14.7 Å². The Morgan fingerprint density at radius 1 is 1.22 bits per heavy atom. The van der Waals surface area contributed by atoms with Gasteiger partial charge in [0.15, 0.2) is 0 Å². The fourth-order valence-electron chi connectivity index (χ4n) is 1.56. The first-order chi connectivity index (χ1) is 8.70. The SMILES string of the molecule is Cn1c(Cl)cnc1CSCc1ccc(CO)cc1. The van der Waals surface area contributed by atoms with Crippen LogP contribution in [0.1, 0.15) is 17.0 Å². The summed E-state index contributed by atoms with van der Waals surface area (Å²) in [6, 6.07) is 8.00. The van der Waals surface area contributed by atoms with E-state index < -0.39 is 0 Å². The second kappa shape index (κ2) is 6.27. The molecule has 0 aliphatic heterocycles. The van der Waals surface area contributed by atoms with Crippen LogP contribution in [0.3, 0.4) is 0 Å². The second-order valence-corrected chi connectivity index (χ2v) is 5.40.